The van der Waals surface area contributed by atoms with Crippen LogP contribution in [0.5, 0.6) is 0 Å². The normalized spacial score (nSPS) is 11.3. The molecule has 0 unspecified atom stereocenters. The van der Waals surface area contributed by atoms with E-state index in [0.29, 0.717) is 11.3 Å². The van der Waals surface area contributed by atoms with E-state index in [4.69, 9.17) is 10.4 Å². The number of carboxylic acids is 1. The molecule has 0 aromatic heterocycles. The molecule has 1 rings (SSSR count). The molecule has 94 valence electrons. The van der Waals surface area contributed by atoms with E-state index in [9.17, 15) is 9.59 Å². The average Bonchev–Trinajstić information content (AvgIpc) is 2.36. The summed E-state index contributed by atoms with van der Waals surface area (Å²) in [6.07, 6.45) is 0. The quantitative estimate of drug-likeness (QED) is 0.705. The zero-order valence-electron chi connectivity index (χ0n) is 9.80. The number of carboxylic acid groups (broad SMARTS) is 1. The van der Waals surface area contributed by atoms with Gasteiger partial charge in [-0.05, 0) is 19.1 Å². The van der Waals surface area contributed by atoms with E-state index in [1.54, 1.807) is 24.3 Å². The maximum Gasteiger partial charge on any atom is 0.320 e. The van der Waals surface area contributed by atoms with E-state index >= 15 is 0 Å². The molecule has 1 aromatic carbocycles. The smallest absolute Gasteiger partial charge is 0.320 e. The summed E-state index contributed by atoms with van der Waals surface area (Å²) in [5.41, 5.74) is 0.770. The zero-order valence-corrected chi connectivity index (χ0v) is 9.80. The molecule has 0 fully saturated rings. The second-order valence-electron chi connectivity index (χ2n) is 3.65. The highest BCUT2D eigenvalue weighted by molar-refractivity contribution is 5.93. The number of para-hydroxylation sites is 1. The molecule has 0 saturated heterocycles. The van der Waals surface area contributed by atoms with Crippen molar-refractivity contribution in [1.82, 2.24) is 5.32 Å². The number of carbonyl (C=O) groups is 2. The number of nitrogens with one attached hydrogen (secondary N) is 2. The van der Waals surface area contributed by atoms with Crippen molar-refractivity contribution in [1.29, 1.82) is 5.26 Å². The molecule has 1 atom stereocenters. The van der Waals surface area contributed by atoms with Crippen LogP contribution < -0.4 is 10.6 Å². The molecule has 3 N–H and O–H groups in total. The van der Waals surface area contributed by atoms with Gasteiger partial charge in [0.25, 0.3) is 0 Å². The summed E-state index contributed by atoms with van der Waals surface area (Å²) in [5, 5.41) is 22.5. The molecule has 0 radical (unpaired) electrons. The standard InChI is InChI=1S/C12H13N3O3/c1-8(12(17)18)14-7-11(16)15-10-5-3-2-4-9(10)6-13/h2-5,8,14H,7H2,1H3,(H,15,16)(H,17,18)/t8-/m1/s1. The van der Waals surface area contributed by atoms with Gasteiger partial charge in [-0.15, -0.1) is 0 Å². The summed E-state index contributed by atoms with van der Waals surface area (Å²) < 4.78 is 0. The third-order valence-corrected chi connectivity index (χ3v) is 2.26. The van der Waals surface area contributed by atoms with Crippen molar-refractivity contribution in [3.8, 4) is 6.07 Å². The first-order valence-corrected chi connectivity index (χ1v) is 5.29. The van der Waals surface area contributed by atoms with Gasteiger partial charge in [0.1, 0.15) is 12.1 Å². The van der Waals surface area contributed by atoms with Crippen LogP contribution in [-0.2, 0) is 9.59 Å². The maximum absolute atomic E-state index is 11.5. The lowest BCUT2D eigenvalue weighted by Gasteiger charge is -2.10. The van der Waals surface area contributed by atoms with Crippen LogP contribution in [0.15, 0.2) is 24.3 Å². The van der Waals surface area contributed by atoms with Crippen molar-refractivity contribution in [3.63, 3.8) is 0 Å². The number of carbonyl (C=O) groups excluding carboxylic acids is 1. The van der Waals surface area contributed by atoms with Gasteiger partial charge in [0, 0.05) is 0 Å². The molecular formula is C12H13N3O3. The van der Waals surface area contributed by atoms with Crippen molar-refractivity contribution in [2.45, 2.75) is 13.0 Å². The minimum atomic E-state index is -1.03. The van der Waals surface area contributed by atoms with Crippen LogP contribution in [0.3, 0.4) is 0 Å². The SMILES string of the molecule is C[C@@H](NCC(=O)Nc1ccccc1C#N)C(=O)O. The van der Waals surface area contributed by atoms with Gasteiger partial charge >= 0.3 is 5.97 Å². The number of aliphatic carboxylic acids is 1. The molecule has 0 heterocycles. The Labute approximate surface area is 104 Å². The van der Waals surface area contributed by atoms with Gasteiger partial charge in [0.05, 0.1) is 17.8 Å². The summed E-state index contributed by atoms with van der Waals surface area (Å²) in [7, 11) is 0. The van der Waals surface area contributed by atoms with E-state index in [0.717, 1.165) is 0 Å². The third kappa shape index (κ3) is 3.88. The van der Waals surface area contributed by atoms with Gasteiger partial charge in [-0.2, -0.15) is 5.26 Å². The summed E-state index contributed by atoms with van der Waals surface area (Å²) in [5.74, 6) is -1.42. The van der Waals surface area contributed by atoms with E-state index in [2.05, 4.69) is 10.6 Å². The Hall–Kier alpha value is -2.39. The van der Waals surface area contributed by atoms with E-state index in [-0.39, 0.29) is 6.54 Å². The number of hydrogen-bond acceptors (Lipinski definition) is 4. The van der Waals surface area contributed by atoms with Crippen LogP contribution in [0.2, 0.25) is 0 Å². The number of rotatable bonds is 5. The first-order chi connectivity index (χ1) is 8.54. The number of nitrogens with zero attached hydrogens (tertiary/aromatic N) is 1. The number of hydrogen-bond donors (Lipinski definition) is 3. The largest absolute Gasteiger partial charge is 0.480 e. The topological polar surface area (TPSA) is 102 Å². The molecule has 0 aliphatic heterocycles. The second-order valence-corrected chi connectivity index (χ2v) is 3.65. The van der Waals surface area contributed by atoms with Gasteiger partial charge in [-0.3, -0.25) is 14.9 Å². The van der Waals surface area contributed by atoms with Gasteiger partial charge in [0.2, 0.25) is 5.91 Å². The highest BCUT2D eigenvalue weighted by atomic mass is 16.4. The van der Waals surface area contributed by atoms with Crippen molar-refractivity contribution in [2.75, 3.05) is 11.9 Å². The molecule has 1 amide bonds. The van der Waals surface area contributed by atoms with Gasteiger partial charge in [-0.25, -0.2) is 0 Å². The summed E-state index contributed by atoms with van der Waals surface area (Å²) >= 11 is 0. The van der Waals surface area contributed by atoms with Crippen molar-refractivity contribution >= 4 is 17.6 Å². The number of amides is 1. The fourth-order valence-corrected chi connectivity index (χ4v) is 1.22. The molecule has 0 saturated carbocycles. The van der Waals surface area contributed by atoms with E-state index in [1.807, 2.05) is 6.07 Å². The van der Waals surface area contributed by atoms with Gasteiger partial charge in [0.15, 0.2) is 0 Å². The number of anilines is 1. The fourth-order valence-electron chi connectivity index (χ4n) is 1.22. The minimum absolute atomic E-state index is 0.132. The molecule has 0 aliphatic carbocycles. The van der Waals surface area contributed by atoms with Crippen LogP contribution in [0.1, 0.15) is 12.5 Å². The Morgan fingerprint density at radius 2 is 2.11 bits per heavy atom. The molecular weight excluding hydrogens is 234 g/mol. The Morgan fingerprint density at radius 3 is 2.72 bits per heavy atom. The minimum Gasteiger partial charge on any atom is -0.480 e. The second kappa shape index (κ2) is 6.37. The highest BCUT2D eigenvalue weighted by Gasteiger charge is 2.12. The molecule has 18 heavy (non-hydrogen) atoms. The lowest BCUT2D eigenvalue weighted by atomic mass is 10.2. The third-order valence-electron chi connectivity index (χ3n) is 2.26. The molecule has 6 nitrogen and oxygen atoms in total. The monoisotopic (exact) mass is 247 g/mol. The van der Waals surface area contributed by atoms with Crippen LogP contribution in [0, 0.1) is 11.3 Å². The van der Waals surface area contributed by atoms with E-state index in [1.165, 1.54) is 6.92 Å². The van der Waals surface area contributed by atoms with Crippen molar-refractivity contribution in [3.05, 3.63) is 29.8 Å². The number of nitriles is 1. The zero-order chi connectivity index (χ0) is 13.5. The highest BCUT2D eigenvalue weighted by Crippen LogP contribution is 2.12. The fraction of sp³-hybridized carbons (Fsp3) is 0.250. The Bertz CT molecular complexity index is 494. The first kappa shape index (κ1) is 13.7. The Balaban J connectivity index is 2.55. The summed E-state index contributed by atoms with van der Waals surface area (Å²) in [4.78, 5) is 22.1. The van der Waals surface area contributed by atoms with Gasteiger partial charge in [-0.1, -0.05) is 12.1 Å². The number of benzene rings is 1. The molecule has 1 aromatic rings. The molecule has 6 heteroatoms. The van der Waals surface area contributed by atoms with Crippen LogP contribution >= 0.6 is 0 Å². The Kier molecular flexibility index (Phi) is 4.84. The van der Waals surface area contributed by atoms with Crippen LogP contribution in [0.25, 0.3) is 0 Å². The van der Waals surface area contributed by atoms with Crippen molar-refractivity contribution < 1.29 is 14.7 Å². The Morgan fingerprint density at radius 1 is 1.44 bits per heavy atom. The predicted octanol–water partition coefficient (Wildman–Crippen LogP) is 0.559. The van der Waals surface area contributed by atoms with Crippen LogP contribution in [-0.4, -0.2) is 29.6 Å². The van der Waals surface area contributed by atoms with Gasteiger partial charge < -0.3 is 10.4 Å². The maximum atomic E-state index is 11.5. The lowest BCUT2D eigenvalue weighted by Crippen LogP contribution is -2.39. The predicted molar refractivity (Wildman–Crippen MR) is 64.9 cm³/mol. The first-order valence-electron chi connectivity index (χ1n) is 5.29. The van der Waals surface area contributed by atoms with Crippen molar-refractivity contribution in [2.24, 2.45) is 0 Å². The summed E-state index contributed by atoms with van der Waals surface area (Å²) in [6, 6.07) is 7.74. The summed E-state index contributed by atoms with van der Waals surface area (Å²) in [6.45, 7) is 1.31. The lowest BCUT2D eigenvalue weighted by molar-refractivity contribution is -0.139. The molecule has 0 bridgehead atoms. The van der Waals surface area contributed by atoms with Crippen LogP contribution in [0.4, 0.5) is 5.69 Å². The average molecular weight is 247 g/mol. The molecule has 0 spiro atoms. The van der Waals surface area contributed by atoms with E-state index < -0.39 is 17.9 Å². The molecule has 0 aliphatic rings.